The van der Waals surface area contributed by atoms with Crippen molar-refractivity contribution < 1.29 is 9.18 Å². The number of hydrogen-bond acceptors (Lipinski definition) is 4. The summed E-state index contributed by atoms with van der Waals surface area (Å²) in [6.45, 7) is 1.17. The lowest BCUT2D eigenvalue weighted by atomic mass is 9.99. The molecule has 0 aliphatic carbocycles. The number of rotatable bonds is 3. The van der Waals surface area contributed by atoms with Gasteiger partial charge in [-0.25, -0.2) is 4.39 Å². The topological polar surface area (TPSA) is 59.2 Å². The average molecular weight is 379 g/mol. The summed E-state index contributed by atoms with van der Waals surface area (Å²) in [5.41, 5.74) is 9.96. The van der Waals surface area contributed by atoms with Gasteiger partial charge in [-0.1, -0.05) is 48.5 Å². The minimum absolute atomic E-state index is 0.129. The summed E-state index contributed by atoms with van der Waals surface area (Å²) < 4.78 is 17.8. The van der Waals surface area contributed by atoms with Crippen LogP contribution in [-0.2, 0) is 0 Å². The third-order valence-corrected chi connectivity index (χ3v) is 5.51. The van der Waals surface area contributed by atoms with Gasteiger partial charge in [-0.3, -0.25) is 4.79 Å². The minimum Gasteiger partial charge on any atom is -0.396 e. The summed E-state index contributed by atoms with van der Waals surface area (Å²) in [4.78, 5) is 15.1. The highest BCUT2D eigenvalue weighted by molar-refractivity contribution is 7.09. The molecule has 1 aliphatic heterocycles. The van der Waals surface area contributed by atoms with E-state index in [1.54, 1.807) is 17.0 Å². The number of carbonyl (C=O) groups is 1. The summed E-state index contributed by atoms with van der Waals surface area (Å²) in [6.07, 6.45) is 2.88. The number of aromatic nitrogens is 1. The minimum atomic E-state index is -0.359. The van der Waals surface area contributed by atoms with Crippen LogP contribution in [0.3, 0.4) is 0 Å². The molecule has 2 N–H and O–H groups in total. The Kier molecular flexibility index (Phi) is 4.73. The normalized spacial score (nSPS) is 14.1. The molecule has 3 aromatic rings. The summed E-state index contributed by atoms with van der Waals surface area (Å²) in [5, 5.41) is 0. The molecule has 4 nitrogen and oxygen atoms in total. The van der Waals surface area contributed by atoms with Crippen molar-refractivity contribution >= 4 is 28.7 Å². The highest BCUT2D eigenvalue weighted by Crippen LogP contribution is 2.32. The Balaban J connectivity index is 1.54. The third-order valence-electron chi connectivity index (χ3n) is 4.66. The van der Waals surface area contributed by atoms with Gasteiger partial charge in [0, 0.05) is 18.7 Å². The smallest absolute Gasteiger partial charge is 0.268 e. The molecule has 27 heavy (non-hydrogen) atoms. The fraction of sp³-hybridized carbons (Fsp3) is 0.143. The van der Waals surface area contributed by atoms with E-state index in [-0.39, 0.29) is 11.7 Å². The van der Waals surface area contributed by atoms with Crippen LogP contribution in [0.2, 0.25) is 0 Å². The molecule has 1 amide bonds. The van der Waals surface area contributed by atoms with Crippen LogP contribution in [-0.4, -0.2) is 28.3 Å². The molecule has 0 atom stereocenters. The van der Waals surface area contributed by atoms with E-state index < -0.39 is 0 Å². The maximum Gasteiger partial charge on any atom is 0.268 e. The molecule has 0 radical (unpaired) electrons. The number of nitrogen functional groups attached to an aromatic ring is 1. The summed E-state index contributed by atoms with van der Waals surface area (Å²) in [6, 6.07) is 16.2. The molecule has 2 heterocycles. The highest BCUT2D eigenvalue weighted by atomic mass is 32.1. The molecule has 0 bridgehead atoms. The molecule has 0 saturated heterocycles. The van der Waals surface area contributed by atoms with Crippen LogP contribution in [0.4, 0.5) is 10.1 Å². The lowest BCUT2D eigenvalue weighted by Crippen LogP contribution is -2.34. The van der Waals surface area contributed by atoms with Crippen LogP contribution in [0.15, 0.2) is 60.7 Å². The Bertz CT molecular complexity index is 1010. The van der Waals surface area contributed by atoms with E-state index in [1.165, 1.54) is 23.3 Å². The number of hydrogen-bond donors (Lipinski definition) is 1. The van der Waals surface area contributed by atoms with E-state index in [1.807, 2.05) is 18.2 Å². The first-order valence-corrected chi connectivity index (χ1v) is 9.45. The quantitative estimate of drug-likeness (QED) is 0.731. The average Bonchev–Trinajstić information content (AvgIpc) is 3.09. The second-order valence-electron chi connectivity index (χ2n) is 6.38. The zero-order valence-corrected chi connectivity index (χ0v) is 15.4. The lowest BCUT2D eigenvalue weighted by molar-refractivity contribution is 0.0778. The van der Waals surface area contributed by atoms with Crippen LogP contribution in [0, 0.1) is 5.82 Å². The maximum absolute atomic E-state index is 13.5. The van der Waals surface area contributed by atoms with Crippen LogP contribution in [0.1, 0.15) is 21.7 Å². The van der Waals surface area contributed by atoms with Gasteiger partial charge in [0.1, 0.15) is 16.4 Å². The van der Waals surface area contributed by atoms with Gasteiger partial charge in [0.2, 0.25) is 0 Å². The van der Waals surface area contributed by atoms with E-state index in [9.17, 15) is 9.18 Å². The van der Waals surface area contributed by atoms with Gasteiger partial charge in [0.05, 0.1) is 5.69 Å². The van der Waals surface area contributed by atoms with Crippen molar-refractivity contribution in [2.45, 2.75) is 6.42 Å². The number of nitrogens with zero attached hydrogens (tertiary/aromatic N) is 2. The number of nitrogens with two attached hydrogens (primary N) is 1. The van der Waals surface area contributed by atoms with Crippen LogP contribution >= 0.6 is 11.5 Å². The fourth-order valence-electron chi connectivity index (χ4n) is 3.21. The number of halogens is 1. The van der Waals surface area contributed by atoms with Crippen LogP contribution in [0.5, 0.6) is 0 Å². The number of carbonyl (C=O) groups excluding carboxylic acids is 1. The van der Waals surface area contributed by atoms with Gasteiger partial charge >= 0.3 is 0 Å². The lowest BCUT2D eigenvalue weighted by Gasteiger charge is -2.26. The Morgan fingerprint density at radius 1 is 1.11 bits per heavy atom. The molecule has 1 aliphatic rings. The second-order valence-corrected chi connectivity index (χ2v) is 7.15. The van der Waals surface area contributed by atoms with Gasteiger partial charge in [-0.2, -0.15) is 4.37 Å². The molecule has 6 heteroatoms. The molecule has 136 valence electrons. The van der Waals surface area contributed by atoms with E-state index in [0.717, 1.165) is 18.0 Å². The third kappa shape index (κ3) is 3.48. The van der Waals surface area contributed by atoms with Crippen molar-refractivity contribution in [2.24, 2.45) is 0 Å². The van der Waals surface area contributed by atoms with Gasteiger partial charge in [0.25, 0.3) is 5.91 Å². The summed E-state index contributed by atoms with van der Waals surface area (Å²) in [7, 11) is 0. The second kappa shape index (κ2) is 7.32. The van der Waals surface area contributed by atoms with E-state index in [2.05, 4.69) is 22.6 Å². The van der Waals surface area contributed by atoms with Crippen molar-refractivity contribution in [1.29, 1.82) is 0 Å². The number of amides is 1. The predicted octanol–water partition coefficient (Wildman–Crippen LogP) is 4.46. The zero-order valence-electron chi connectivity index (χ0n) is 14.6. The zero-order chi connectivity index (χ0) is 18.8. The Morgan fingerprint density at radius 2 is 1.89 bits per heavy atom. The molecular weight excluding hydrogens is 361 g/mol. The first kappa shape index (κ1) is 17.4. The van der Waals surface area contributed by atoms with Crippen LogP contribution < -0.4 is 5.73 Å². The molecule has 0 spiro atoms. The van der Waals surface area contributed by atoms with Crippen molar-refractivity contribution in [3.63, 3.8) is 0 Å². The number of benzene rings is 2. The van der Waals surface area contributed by atoms with Crippen molar-refractivity contribution in [3.8, 4) is 11.3 Å². The standard InChI is InChI=1S/C21H18FN3OS/c22-17-8-4-7-16(13-17)19-18(23)20(27-24-19)21(26)25-11-9-15(10-12-25)14-5-2-1-3-6-14/h1-9,13H,10-12,23H2. The summed E-state index contributed by atoms with van der Waals surface area (Å²) >= 11 is 1.07. The van der Waals surface area contributed by atoms with E-state index in [0.29, 0.717) is 34.9 Å². The fourth-order valence-corrected chi connectivity index (χ4v) is 4.00. The maximum atomic E-state index is 13.5. The van der Waals surface area contributed by atoms with Crippen LogP contribution in [0.25, 0.3) is 16.8 Å². The van der Waals surface area contributed by atoms with Gasteiger partial charge in [0.15, 0.2) is 0 Å². The molecule has 0 unspecified atom stereocenters. The molecule has 1 aromatic heterocycles. The molecule has 4 rings (SSSR count). The Hall–Kier alpha value is -2.99. The molecule has 0 saturated carbocycles. The van der Waals surface area contributed by atoms with Gasteiger partial charge in [-0.05, 0) is 41.2 Å². The SMILES string of the molecule is Nc1c(-c2cccc(F)c2)nsc1C(=O)N1CC=C(c2ccccc2)CC1. The molecular formula is C21H18FN3OS. The largest absolute Gasteiger partial charge is 0.396 e. The first-order chi connectivity index (χ1) is 13.1. The van der Waals surface area contributed by atoms with Crippen molar-refractivity contribution in [1.82, 2.24) is 9.27 Å². The van der Waals surface area contributed by atoms with E-state index >= 15 is 0 Å². The predicted molar refractivity (Wildman–Crippen MR) is 107 cm³/mol. The Labute approximate surface area is 160 Å². The Morgan fingerprint density at radius 3 is 2.59 bits per heavy atom. The van der Waals surface area contributed by atoms with E-state index in [4.69, 9.17) is 5.73 Å². The highest BCUT2D eigenvalue weighted by Gasteiger charge is 2.25. The molecule has 2 aromatic carbocycles. The summed E-state index contributed by atoms with van der Waals surface area (Å²) in [5.74, 6) is -0.488. The monoisotopic (exact) mass is 379 g/mol. The molecule has 0 fully saturated rings. The van der Waals surface area contributed by atoms with Gasteiger partial charge in [-0.15, -0.1) is 0 Å². The number of anilines is 1. The van der Waals surface area contributed by atoms with Crippen molar-refractivity contribution in [3.05, 3.63) is 76.9 Å². The van der Waals surface area contributed by atoms with Crippen molar-refractivity contribution in [2.75, 3.05) is 18.8 Å². The first-order valence-electron chi connectivity index (χ1n) is 8.68. The van der Waals surface area contributed by atoms with Gasteiger partial charge < -0.3 is 10.6 Å².